The van der Waals surface area contributed by atoms with Crippen molar-refractivity contribution < 1.29 is 9.90 Å². The lowest BCUT2D eigenvalue weighted by atomic mass is 10.2. The number of nitrogens with zero attached hydrogens (tertiary/aromatic N) is 1. The highest BCUT2D eigenvalue weighted by molar-refractivity contribution is 5.89. The van der Waals surface area contributed by atoms with E-state index >= 15 is 0 Å². The van der Waals surface area contributed by atoms with Crippen molar-refractivity contribution in [3.05, 3.63) is 42.4 Å². The van der Waals surface area contributed by atoms with Crippen LogP contribution in [0.15, 0.2) is 36.8 Å². The zero-order valence-electron chi connectivity index (χ0n) is 9.27. The van der Waals surface area contributed by atoms with E-state index in [4.69, 9.17) is 5.11 Å². The Hall–Kier alpha value is -2.10. The van der Waals surface area contributed by atoms with Crippen LogP contribution in [0.5, 0.6) is 0 Å². The third-order valence-corrected chi connectivity index (χ3v) is 1.92. The number of aromatic amines is 1. The lowest BCUT2D eigenvalue weighted by Crippen LogP contribution is -1.91. The van der Waals surface area contributed by atoms with Crippen molar-refractivity contribution in [1.82, 2.24) is 9.97 Å². The summed E-state index contributed by atoms with van der Waals surface area (Å²) in [5.74, 6) is -0.929. The number of carboxylic acids is 1. The van der Waals surface area contributed by atoms with Crippen molar-refractivity contribution in [2.45, 2.75) is 13.8 Å². The Labute approximate surface area is 94.0 Å². The van der Waals surface area contributed by atoms with Crippen molar-refractivity contribution in [2.75, 3.05) is 0 Å². The summed E-state index contributed by atoms with van der Waals surface area (Å²) in [4.78, 5) is 17.4. The van der Waals surface area contributed by atoms with E-state index < -0.39 is 5.97 Å². The summed E-state index contributed by atoms with van der Waals surface area (Å²) in [5.41, 5.74) is 1.97. The summed E-state index contributed by atoms with van der Waals surface area (Å²) in [5, 5.41) is 8.71. The summed E-state index contributed by atoms with van der Waals surface area (Å²) in [7, 11) is 0. The second-order valence-corrected chi connectivity index (χ2v) is 2.84. The van der Waals surface area contributed by atoms with Gasteiger partial charge in [-0.25, -0.2) is 4.79 Å². The van der Waals surface area contributed by atoms with Crippen molar-refractivity contribution in [3.63, 3.8) is 0 Å². The van der Waals surface area contributed by atoms with Crippen LogP contribution in [-0.2, 0) is 0 Å². The average molecular weight is 218 g/mol. The van der Waals surface area contributed by atoms with E-state index in [0.717, 1.165) is 11.3 Å². The molecule has 0 spiro atoms. The molecule has 0 aromatic carbocycles. The second-order valence-electron chi connectivity index (χ2n) is 2.84. The molecule has 2 rings (SSSR count). The van der Waals surface area contributed by atoms with Crippen LogP contribution < -0.4 is 0 Å². The highest BCUT2D eigenvalue weighted by Gasteiger charge is 2.06. The molecule has 0 atom stereocenters. The summed E-state index contributed by atoms with van der Waals surface area (Å²) in [6.45, 7) is 4.00. The predicted molar refractivity (Wildman–Crippen MR) is 62.3 cm³/mol. The molecule has 0 radical (unpaired) electrons. The highest BCUT2D eigenvalue weighted by Crippen LogP contribution is 2.17. The monoisotopic (exact) mass is 218 g/mol. The quantitative estimate of drug-likeness (QED) is 0.814. The van der Waals surface area contributed by atoms with Gasteiger partial charge in [0.1, 0.15) is 0 Å². The molecule has 0 saturated carbocycles. The largest absolute Gasteiger partial charge is 0.478 e. The molecular formula is C12H14N2O2. The van der Waals surface area contributed by atoms with Crippen LogP contribution in [0.4, 0.5) is 0 Å². The molecule has 0 unspecified atom stereocenters. The van der Waals surface area contributed by atoms with Crippen LogP contribution in [0, 0.1) is 0 Å². The van der Waals surface area contributed by atoms with Crippen LogP contribution in [0.2, 0.25) is 0 Å². The zero-order valence-corrected chi connectivity index (χ0v) is 9.27. The Kier molecular flexibility index (Phi) is 4.27. The SMILES string of the molecule is CC.O=C(O)c1c[nH]c(-c2ccncc2)c1. The standard InChI is InChI=1S/C10H8N2O2.C2H6/c13-10(14)8-5-9(12-6-8)7-1-3-11-4-2-7;1-2/h1-6,12H,(H,13,14);1-2H3. The molecule has 0 aliphatic rings. The maximum absolute atomic E-state index is 10.6. The smallest absolute Gasteiger partial charge is 0.337 e. The van der Waals surface area contributed by atoms with Crippen LogP contribution in [0.25, 0.3) is 11.3 Å². The fourth-order valence-electron chi connectivity index (χ4n) is 1.22. The van der Waals surface area contributed by atoms with E-state index in [0.29, 0.717) is 0 Å². The number of pyridine rings is 1. The molecule has 0 aliphatic heterocycles. The molecule has 16 heavy (non-hydrogen) atoms. The molecule has 84 valence electrons. The van der Waals surface area contributed by atoms with Gasteiger partial charge in [0.2, 0.25) is 0 Å². The normalized spacial score (nSPS) is 9.12. The van der Waals surface area contributed by atoms with E-state index in [1.54, 1.807) is 18.5 Å². The molecule has 0 saturated heterocycles. The molecule has 4 heteroatoms. The Morgan fingerprint density at radius 1 is 1.31 bits per heavy atom. The van der Waals surface area contributed by atoms with Gasteiger partial charge in [0.15, 0.2) is 0 Å². The first-order valence-corrected chi connectivity index (χ1v) is 5.09. The summed E-state index contributed by atoms with van der Waals surface area (Å²) < 4.78 is 0. The Morgan fingerprint density at radius 2 is 1.94 bits per heavy atom. The second kappa shape index (κ2) is 5.70. The number of aromatic nitrogens is 2. The first-order valence-electron chi connectivity index (χ1n) is 5.09. The number of hydrogen-bond acceptors (Lipinski definition) is 2. The van der Waals surface area contributed by atoms with Gasteiger partial charge >= 0.3 is 5.97 Å². The fourth-order valence-corrected chi connectivity index (χ4v) is 1.22. The predicted octanol–water partition coefficient (Wildman–Crippen LogP) is 2.80. The van der Waals surface area contributed by atoms with E-state index in [1.807, 2.05) is 26.0 Å². The summed E-state index contributed by atoms with van der Waals surface area (Å²) >= 11 is 0. The molecule has 2 N–H and O–H groups in total. The lowest BCUT2D eigenvalue weighted by Gasteiger charge is -1.94. The average Bonchev–Trinajstić information content (AvgIpc) is 2.82. The first kappa shape index (κ1) is 12.0. The number of carbonyl (C=O) groups is 1. The topological polar surface area (TPSA) is 66.0 Å². The zero-order chi connectivity index (χ0) is 12.0. The molecular weight excluding hydrogens is 204 g/mol. The number of rotatable bonds is 2. The van der Waals surface area contributed by atoms with Crippen molar-refractivity contribution in [1.29, 1.82) is 0 Å². The van der Waals surface area contributed by atoms with Crippen LogP contribution in [-0.4, -0.2) is 21.0 Å². The Balaban J connectivity index is 0.000000606. The van der Waals surface area contributed by atoms with Crippen LogP contribution in [0.3, 0.4) is 0 Å². The number of hydrogen-bond donors (Lipinski definition) is 2. The number of carboxylic acid groups (broad SMARTS) is 1. The van der Waals surface area contributed by atoms with Gasteiger partial charge in [-0.05, 0) is 18.2 Å². The third kappa shape index (κ3) is 2.70. The minimum atomic E-state index is -0.929. The fraction of sp³-hybridized carbons (Fsp3) is 0.167. The molecule has 0 bridgehead atoms. The van der Waals surface area contributed by atoms with Crippen LogP contribution >= 0.6 is 0 Å². The van der Waals surface area contributed by atoms with Gasteiger partial charge in [-0.2, -0.15) is 0 Å². The van der Waals surface area contributed by atoms with Gasteiger partial charge in [-0.15, -0.1) is 0 Å². The van der Waals surface area contributed by atoms with E-state index in [-0.39, 0.29) is 5.56 Å². The van der Waals surface area contributed by atoms with Gasteiger partial charge in [-0.1, -0.05) is 13.8 Å². The van der Waals surface area contributed by atoms with Crippen LogP contribution in [0.1, 0.15) is 24.2 Å². The number of aromatic carboxylic acids is 1. The third-order valence-electron chi connectivity index (χ3n) is 1.92. The highest BCUT2D eigenvalue weighted by atomic mass is 16.4. The maximum Gasteiger partial charge on any atom is 0.337 e. The molecule has 0 fully saturated rings. The summed E-state index contributed by atoms with van der Waals surface area (Å²) in [6, 6.07) is 5.23. The molecule has 2 aromatic heterocycles. The minimum Gasteiger partial charge on any atom is -0.478 e. The van der Waals surface area contributed by atoms with Crippen molar-refractivity contribution >= 4 is 5.97 Å². The number of nitrogens with one attached hydrogen (secondary N) is 1. The van der Waals surface area contributed by atoms with Gasteiger partial charge in [0.25, 0.3) is 0 Å². The van der Waals surface area contributed by atoms with Gasteiger partial charge in [0, 0.05) is 29.8 Å². The van der Waals surface area contributed by atoms with Crippen molar-refractivity contribution in [3.8, 4) is 11.3 Å². The maximum atomic E-state index is 10.6. The van der Waals surface area contributed by atoms with E-state index in [2.05, 4.69) is 9.97 Å². The molecule has 4 nitrogen and oxygen atoms in total. The van der Waals surface area contributed by atoms with Crippen molar-refractivity contribution in [2.24, 2.45) is 0 Å². The number of H-pyrrole nitrogens is 1. The molecule has 0 aliphatic carbocycles. The first-order chi connectivity index (χ1) is 7.77. The summed E-state index contributed by atoms with van der Waals surface area (Å²) in [6.07, 6.45) is 4.80. The molecule has 2 heterocycles. The Morgan fingerprint density at radius 3 is 2.44 bits per heavy atom. The Bertz CT molecular complexity index is 449. The molecule has 2 aromatic rings. The van der Waals surface area contributed by atoms with Gasteiger partial charge in [-0.3, -0.25) is 4.98 Å². The van der Waals surface area contributed by atoms with E-state index in [1.165, 1.54) is 6.20 Å². The molecule has 0 amide bonds. The van der Waals surface area contributed by atoms with E-state index in [9.17, 15) is 4.79 Å². The van der Waals surface area contributed by atoms with Gasteiger partial charge < -0.3 is 10.1 Å². The lowest BCUT2D eigenvalue weighted by molar-refractivity contribution is 0.0697. The minimum absolute atomic E-state index is 0.261. The van der Waals surface area contributed by atoms with Gasteiger partial charge in [0.05, 0.1) is 5.56 Å².